The van der Waals surface area contributed by atoms with E-state index in [4.69, 9.17) is 0 Å². The standard InChI is InChI=1S/C41H80O3S/c1-4-6-8-10-12-14-16-18-20-22-24-26-28-30-32-34-36-39(41(44)45-38(3)40(42)43)37-35-33-31-29-27-25-23-21-19-17-15-13-11-9-7-5-2/h38-39H,4-37H2,1-3H3,(H,42,43). The summed E-state index contributed by atoms with van der Waals surface area (Å²) in [6.07, 6.45) is 45.4. The van der Waals surface area contributed by atoms with E-state index >= 15 is 0 Å². The van der Waals surface area contributed by atoms with Gasteiger partial charge in [0, 0.05) is 5.92 Å². The van der Waals surface area contributed by atoms with E-state index in [1.54, 1.807) is 6.92 Å². The van der Waals surface area contributed by atoms with Gasteiger partial charge in [-0.1, -0.05) is 231 Å². The number of hydrogen-bond acceptors (Lipinski definition) is 3. The summed E-state index contributed by atoms with van der Waals surface area (Å²) < 4.78 is 0. The summed E-state index contributed by atoms with van der Waals surface area (Å²) in [5.74, 6) is -0.841. The molecular formula is C41H80O3S. The number of unbranched alkanes of at least 4 members (excludes halogenated alkanes) is 30. The normalized spacial score (nSPS) is 12.3. The topological polar surface area (TPSA) is 54.4 Å². The maximum absolute atomic E-state index is 12.9. The molecule has 0 bridgehead atoms. The Bertz CT molecular complexity index is 586. The first-order chi connectivity index (χ1) is 22.0. The first-order valence-corrected chi connectivity index (χ1v) is 21.3. The molecule has 0 aromatic carbocycles. The van der Waals surface area contributed by atoms with Gasteiger partial charge in [0.1, 0.15) is 5.25 Å². The molecule has 1 unspecified atom stereocenters. The van der Waals surface area contributed by atoms with E-state index in [1.165, 1.54) is 193 Å². The average molecular weight is 653 g/mol. The monoisotopic (exact) mass is 653 g/mol. The summed E-state index contributed by atoms with van der Waals surface area (Å²) in [5, 5.41) is 8.76. The Hall–Kier alpha value is -0.510. The van der Waals surface area contributed by atoms with E-state index in [0.717, 1.165) is 37.4 Å². The molecule has 0 amide bonds. The number of rotatable bonds is 37. The van der Waals surface area contributed by atoms with Crippen LogP contribution in [-0.4, -0.2) is 21.4 Å². The van der Waals surface area contributed by atoms with Crippen LogP contribution in [0, 0.1) is 5.92 Å². The average Bonchev–Trinajstić information content (AvgIpc) is 3.03. The number of aliphatic carboxylic acids is 1. The minimum atomic E-state index is -0.878. The van der Waals surface area contributed by atoms with E-state index in [1.807, 2.05) is 0 Å². The summed E-state index contributed by atoms with van der Waals surface area (Å²) in [4.78, 5) is 24.3. The zero-order valence-corrected chi connectivity index (χ0v) is 31.7. The molecule has 1 atom stereocenters. The molecule has 0 aromatic rings. The largest absolute Gasteiger partial charge is 0.480 e. The molecule has 0 aliphatic carbocycles. The van der Waals surface area contributed by atoms with E-state index in [0.29, 0.717) is 0 Å². The van der Waals surface area contributed by atoms with Crippen molar-refractivity contribution in [1.29, 1.82) is 0 Å². The maximum Gasteiger partial charge on any atom is 0.316 e. The van der Waals surface area contributed by atoms with E-state index < -0.39 is 11.2 Å². The van der Waals surface area contributed by atoms with Crippen LogP contribution >= 0.6 is 11.8 Å². The van der Waals surface area contributed by atoms with Crippen molar-refractivity contribution in [3.05, 3.63) is 0 Å². The maximum atomic E-state index is 12.9. The summed E-state index contributed by atoms with van der Waals surface area (Å²) in [6, 6.07) is 0. The Morgan fingerprint density at radius 1 is 0.422 bits per heavy atom. The Morgan fingerprint density at radius 3 is 0.867 bits per heavy atom. The van der Waals surface area contributed by atoms with Crippen molar-refractivity contribution >= 4 is 22.8 Å². The third kappa shape index (κ3) is 33.2. The van der Waals surface area contributed by atoms with Crippen molar-refractivity contribution in [1.82, 2.24) is 0 Å². The van der Waals surface area contributed by atoms with Gasteiger partial charge in [0.05, 0.1) is 0 Å². The van der Waals surface area contributed by atoms with Gasteiger partial charge < -0.3 is 5.11 Å². The zero-order chi connectivity index (χ0) is 33.1. The zero-order valence-electron chi connectivity index (χ0n) is 30.9. The highest BCUT2D eigenvalue weighted by Gasteiger charge is 2.23. The lowest BCUT2D eigenvalue weighted by Gasteiger charge is -2.16. The molecule has 1 N–H and O–H groups in total. The third-order valence-corrected chi connectivity index (χ3v) is 10.9. The Balaban J connectivity index is 3.86. The molecule has 268 valence electrons. The van der Waals surface area contributed by atoms with Crippen LogP contribution < -0.4 is 0 Å². The lowest BCUT2D eigenvalue weighted by Crippen LogP contribution is -2.19. The Morgan fingerprint density at radius 2 is 0.644 bits per heavy atom. The third-order valence-electron chi connectivity index (χ3n) is 9.79. The second-order valence-electron chi connectivity index (χ2n) is 14.3. The van der Waals surface area contributed by atoms with Crippen molar-refractivity contribution in [3.63, 3.8) is 0 Å². The molecule has 45 heavy (non-hydrogen) atoms. The fourth-order valence-corrected chi connectivity index (χ4v) is 7.46. The molecule has 3 nitrogen and oxygen atoms in total. The number of thioether (sulfide) groups is 1. The van der Waals surface area contributed by atoms with Crippen molar-refractivity contribution < 1.29 is 14.7 Å². The molecule has 0 rings (SSSR count). The molecule has 0 aliphatic heterocycles. The van der Waals surface area contributed by atoms with Gasteiger partial charge in [0.2, 0.25) is 0 Å². The summed E-state index contributed by atoms with van der Waals surface area (Å²) in [6.45, 7) is 6.22. The van der Waals surface area contributed by atoms with Crippen LogP contribution in [0.1, 0.15) is 239 Å². The first-order valence-electron chi connectivity index (χ1n) is 20.5. The van der Waals surface area contributed by atoms with Crippen molar-refractivity contribution in [2.45, 2.75) is 244 Å². The molecule has 4 heteroatoms. The van der Waals surface area contributed by atoms with Crippen LogP contribution in [0.25, 0.3) is 0 Å². The van der Waals surface area contributed by atoms with Crippen LogP contribution in [0.5, 0.6) is 0 Å². The molecule has 0 saturated carbocycles. The number of carboxylic acid groups (broad SMARTS) is 1. The van der Waals surface area contributed by atoms with Gasteiger partial charge in [-0.2, -0.15) is 0 Å². The summed E-state index contributed by atoms with van der Waals surface area (Å²) >= 11 is 1.05. The van der Waals surface area contributed by atoms with Gasteiger partial charge >= 0.3 is 5.97 Å². The lowest BCUT2D eigenvalue weighted by atomic mass is 9.95. The number of hydrogen-bond donors (Lipinski definition) is 1. The second-order valence-corrected chi connectivity index (χ2v) is 15.6. The Kier molecular flexibility index (Phi) is 35.9. The fraction of sp³-hybridized carbons (Fsp3) is 0.951. The van der Waals surface area contributed by atoms with Crippen LogP contribution in [0.15, 0.2) is 0 Å². The number of carbonyl (C=O) groups is 2. The molecule has 0 radical (unpaired) electrons. The SMILES string of the molecule is CCCCCCCCCCCCCCCCCCC(CCCCCCCCCCCCCCCCCC)C(=O)SC(C)C(=O)O. The highest BCUT2D eigenvalue weighted by Crippen LogP contribution is 2.27. The lowest BCUT2D eigenvalue weighted by molar-refractivity contribution is -0.136. The second kappa shape index (κ2) is 36.3. The van der Waals surface area contributed by atoms with Crippen molar-refractivity contribution in [2.75, 3.05) is 0 Å². The molecule has 0 heterocycles. The number of carboxylic acids is 1. The predicted molar refractivity (Wildman–Crippen MR) is 202 cm³/mol. The van der Waals surface area contributed by atoms with Gasteiger partial charge in [-0.05, 0) is 19.8 Å². The van der Waals surface area contributed by atoms with E-state index in [-0.39, 0.29) is 11.0 Å². The van der Waals surface area contributed by atoms with Crippen molar-refractivity contribution in [2.24, 2.45) is 5.92 Å². The molecule has 0 saturated heterocycles. The van der Waals surface area contributed by atoms with Crippen LogP contribution in [0.3, 0.4) is 0 Å². The highest BCUT2D eigenvalue weighted by atomic mass is 32.2. The quantitative estimate of drug-likeness (QED) is 0.0678. The van der Waals surface area contributed by atoms with E-state index in [2.05, 4.69) is 13.8 Å². The van der Waals surface area contributed by atoms with Gasteiger partial charge in [-0.3, -0.25) is 9.59 Å². The van der Waals surface area contributed by atoms with E-state index in [9.17, 15) is 14.7 Å². The summed E-state index contributed by atoms with van der Waals surface area (Å²) in [5.41, 5.74) is 0. The van der Waals surface area contributed by atoms with Crippen molar-refractivity contribution in [3.8, 4) is 0 Å². The van der Waals surface area contributed by atoms with Crippen LogP contribution in [-0.2, 0) is 9.59 Å². The van der Waals surface area contributed by atoms with Gasteiger partial charge in [0.15, 0.2) is 5.12 Å². The van der Waals surface area contributed by atoms with Crippen LogP contribution in [0.2, 0.25) is 0 Å². The molecule has 0 fully saturated rings. The predicted octanol–water partition coefficient (Wildman–Crippen LogP) is 14.6. The first kappa shape index (κ1) is 44.5. The minimum Gasteiger partial charge on any atom is -0.480 e. The molecular weight excluding hydrogens is 573 g/mol. The van der Waals surface area contributed by atoms with Gasteiger partial charge in [-0.25, -0.2) is 0 Å². The molecule has 0 spiro atoms. The smallest absolute Gasteiger partial charge is 0.316 e. The minimum absolute atomic E-state index is 0.0371. The number of carbonyl (C=O) groups excluding carboxylic acids is 1. The molecule has 0 aromatic heterocycles. The Labute approximate surface area is 287 Å². The van der Waals surface area contributed by atoms with Gasteiger partial charge in [0.25, 0.3) is 0 Å². The highest BCUT2D eigenvalue weighted by molar-refractivity contribution is 8.14. The van der Waals surface area contributed by atoms with Crippen LogP contribution in [0.4, 0.5) is 0 Å². The molecule has 0 aliphatic rings. The fourth-order valence-electron chi connectivity index (χ4n) is 6.58. The van der Waals surface area contributed by atoms with Gasteiger partial charge in [-0.15, -0.1) is 0 Å². The summed E-state index contributed by atoms with van der Waals surface area (Å²) in [7, 11) is 0.